The van der Waals surface area contributed by atoms with Crippen LogP contribution in [0.1, 0.15) is 24.2 Å². The van der Waals surface area contributed by atoms with E-state index in [9.17, 15) is 4.39 Å². The smallest absolute Gasteiger partial charge is 0.414 e. The molecule has 0 bridgehead atoms. The first-order chi connectivity index (χ1) is 16.4. The lowest BCUT2D eigenvalue weighted by molar-refractivity contribution is -0.159. The molecule has 1 aliphatic heterocycles. The summed E-state index contributed by atoms with van der Waals surface area (Å²) in [4.78, 5) is 25.7. The van der Waals surface area contributed by atoms with Crippen molar-refractivity contribution in [3.8, 4) is 0 Å². The van der Waals surface area contributed by atoms with Gasteiger partial charge in [0.05, 0.1) is 11.0 Å². The number of benzene rings is 2. The number of rotatable bonds is 7. The maximum Gasteiger partial charge on any atom is 0.414 e. The lowest BCUT2D eigenvalue weighted by atomic mass is 9.93. The Balaban J connectivity index is 0.000000481. The second-order valence-corrected chi connectivity index (χ2v) is 8.43. The minimum absolute atomic E-state index is 0.190. The van der Waals surface area contributed by atoms with E-state index >= 15 is 0 Å². The Morgan fingerprint density at radius 2 is 1.71 bits per heavy atom. The summed E-state index contributed by atoms with van der Waals surface area (Å²) in [6.45, 7) is 5.26. The molecule has 1 saturated heterocycles. The number of carboxylic acid groups (broad SMARTS) is 2. The van der Waals surface area contributed by atoms with E-state index in [2.05, 4.69) is 33.0 Å². The summed E-state index contributed by atoms with van der Waals surface area (Å²) in [6.07, 6.45) is 3.46. The minimum atomic E-state index is -1.82. The number of piperidine rings is 1. The van der Waals surface area contributed by atoms with E-state index in [1.54, 1.807) is 0 Å². The van der Waals surface area contributed by atoms with Crippen LogP contribution in [0.3, 0.4) is 0 Å². The molecular formula is C25H31FN4O4. The second-order valence-electron chi connectivity index (χ2n) is 8.43. The van der Waals surface area contributed by atoms with Gasteiger partial charge in [-0.1, -0.05) is 24.3 Å². The Morgan fingerprint density at radius 3 is 2.32 bits per heavy atom. The van der Waals surface area contributed by atoms with E-state index in [0.717, 1.165) is 48.5 Å². The minimum Gasteiger partial charge on any atom is -0.473 e. The number of likely N-dealkylation sites (N-methyl/N-ethyl adjacent to an activating group) is 1. The molecule has 8 nitrogen and oxygen atoms in total. The van der Waals surface area contributed by atoms with Crippen LogP contribution in [0.4, 0.5) is 4.39 Å². The van der Waals surface area contributed by atoms with Gasteiger partial charge in [0.25, 0.3) is 0 Å². The maximum atomic E-state index is 13.3. The van der Waals surface area contributed by atoms with Crippen LogP contribution in [-0.2, 0) is 22.6 Å². The predicted octanol–water partition coefficient (Wildman–Crippen LogP) is 2.85. The fraction of sp³-hybridized carbons (Fsp3) is 0.400. The van der Waals surface area contributed by atoms with E-state index in [4.69, 9.17) is 24.8 Å². The summed E-state index contributed by atoms with van der Waals surface area (Å²) in [5.74, 6) is -2.01. The van der Waals surface area contributed by atoms with Crippen molar-refractivity contribution in [2.45, 2.75) is 25.8 Å². The van der Waals surface area contributed by atoms with Crippen molar-refractivity contribution in [1.29, 1.82) is 0 Å². The Morgan fingerprint density at radius 1 is 1.06 bits per heavy atom. The first-order valence-corrected chi connectivity index (χ1v) is 11.4. The lowest BCUT2D eigenvalue weighted by Gasteiger charge is -2.31. The highest BCUT2D eigenvalue weighted by Gasteiger charge is 2.22. The Bertz CT molecular complexity index is 1080. The number of halogens is 1. The normalized spacial score (nSPS) is 14.5. The van der Waals surface area contributed by atoms with Crippen LogP contribution in [-0.4, -0.2) is 69.8 Å². The fourth-order valence-corrected chi connectivity index (χ4v) is 4.17. The molecule has 3 aromatic rings. The van der Waals surface area contributed by atoms with Crippen LogP contribution in [0, 0.1) is 11.7 Å². The summed E-state index contributed by atoms with van der Waals surface area (Å²) in [5, 5.41) is 18.0. The molecule has 2 aromatic carbocycles. The standard InChI is InChI=1S/C23H29FN4.C2H2O4/c1-25-12-15-27-13-10-18(11-14-27)16-23-26-21-4-2-3-5-22(21)28(23)17-19-6-8-20(24)9-7-19;3-1(4)2(5)6/h2-9,18,25H,10-17H2,1H3;(H,3,4)(H,5,6). The van der Waals surface area contributed by atoms with Crippen LogP contribution in [0.25, 0.3) is 11.0 Å². The summed E-state index contributed by atoms with van der Waals surface area (Å²) in [5.41, 5.74) is 3.31. The quantitative estimate of drug-likeness (QED) is 0.456. The number of likely N-dealkylation sites (tertiary alicyclic amines) is 1. The second kappa shape index (κ2) is 12.2. The molecule has 182 valence electrons. The van der Waals surface area contributed by atoms with Crippen molar-refractivity contribution in [2.75, 3.05) is 33.2 Å². The Hall–Kier alpha value is -3.30. The number of imidazole rings is 1. The molecule has 1 aliphatic rings. The number of aliphatic carboxylic acids is 2. The van der Waals surface area contributed by atoms with Gasteiger partial charge in [-0.25, -0.2) is 19.0 Å². The average Bonchev–Trinajstić information content (AvgIpc) is 3.17. The van der Waals surface area contributed by atoms with Crippen LogP contribution in [0.5, 0.6) is 0 Å². The molecule has 4 rings (SSSR count). The average molecular weight is 471 g/mol. The number of para-hydroxylation sites is 2. The number of hydrogen-bond donors (Lipinski definition) is 3. The summed E-state index contributed by atoms with van der Waals surface area (Å²) < 4.78 is 15.6. The van der Waals surface area contributed by atoms with Crippen LogP contribution in [0.2, 0.25) is 0 Å². The van der Waals surface area contributed by atoms with E-state index < -0.39 is 11.9 Å². The van der Waals surface area contributed by atoms with Gasteiger partial charge in [-0.15, -0.1) is 0 Å². The van der Waals surface area contributed by atoms with E-state index in [1.807, 2.05) is 25.2 Å². The molecule has 0 amide bonds. The summed E-state index contributed by atoms with van der Waals surface area (Å²) in [7, 11) is 2.01. The number of carbonyl (C=O) groups is 2. The largest absolute Gasteiger partial charge is 0.473 e. The van der Waals surface area contributed by atoms with Gasteiger partial charge in [0.2, 0.25) is 0 Å². The third kappa shape index (κ3) is 7.10. The summed E-state index contributed by atoms with van der Waals surface area (Å²) in [6, 6.07) is 15.1. The van der Waals surface area contributed by atoms with Crippen molar-refractivity contribution < 1.29 is 24.2 Å². The van der Waals surface area contributed by atoms with Crippen molar-refractivity contribution in [1.82, 2.24) is 19.8 Å². The maximum absolute atomic E-state index is 13.3. The van der Waals surface area contributed by atoms with Crippen molar-refractivity contribution in [3.63, 3.8) is 0 Å². The zero-order valence-electron chi connectivity index (χ0n) is 19.3. The van der Waals surface area contributed by atoms with E-state index in [0.29, 0.717) is 5.92 Å². The molecule has 1 aromatic heterocycles. The van der Waals surface area contributed by atoms with Crippen LogP contribution >= 0.6 is 0 Å². The molecule has 0 saturated carbocycles. The van der Waals surface area contributed by atoms with Crippen molar-refractivity contribution in [3.05, 3.63) is 65.7 Å². The Labute approximate surface area is 198 Å². The highest BCUT2D eigenvalue weighted by Crippen LogP contribution is 2.25. The van der Waals surface area contributed by atoms with Crippen molar-refractivity contribution >= 4 is 23.0 Å². The third-order valence-electron chi connectivity index (χ3n) is 6.03. The third-order valence-corrected chi connectivity index (χ3v) is 6.03. The van der Waals surface area contributed by atoms with Gasteiger partial charge in [0.1, 0.15) is 11.6 Å². The molecule has 0 atom stereocenters. The zero-order chi connectivity index (χ0) is 24.5. The highest BCUT2D eigenvalue weighted by molar-refractivity contribution is 6.27. The number of nitrogens with one attached hydrogen (secondary N) is 1. The first kappa shape index (κ1) is 25.3. The number of carboxylic acids is 2. The summed E-state index contributed by atoms with van der Waals surface area (Å²) >= 11 is 0. The molecule has 0 aliphatic carbocycles. The predicted molar refractivity (Wildman–Crippen MR) is 127 cm³/mol. The van der Waals surface area contributed by atoms with Gasteiger partial charge in [-0.05, 0) is 68.7 Å². The van der Waals surface area contributed by atoms with Gasteiger partial charge in [0.15, 0.2) is 0 Å². The molecule has 34 heavy (non-hydrogen) atoms. The molecule has 1 fully saturated rings. The van der Waals surface area contributed by atoms with Crippen LogP contribution in [0.15, 0.2) is 48.5 Å². The monoisotopic (exact) mass is 470 g/mol. The topological polar surface area (TPSA) is 108 Å². The molecule has 9 heteroatoms. The molecular weight excluding hydrogens is 439 g/mol. The van der Waals surface area contributed by atoms with Crippen molar-refractivity contribution in [2.24, 2.45) is 5.92 Å². The number of nitrogens with zero attached hydrogens (tertiary/aromatic N) is 3. The molecule has 2 heterocycles. The molecule has 0 unspecified atom stereocenters. The molecule has 0 spiro atoms. The Kier molecular flexibility index (Phi) is 9.12. The lowest BCUT2D eigenvalue weighted by Crippen LogP contribution is -2.38. The van der Waals surface area contributed by atoms with Gasteiger partial charge < -0.3 is 25.0 Å². The first-order valence-electron chi connectivity index (χ1n) is 11.4. The van der Waals surface area contributed by atoms with Gasteiger partial charge in [-0.3, -0.25) is 0 Å². The number of aromatic nitrogens is 2. The van der Waals surface area contributed by atoms with Crippen LogP contribution < -0.4 is 5.32 Å². The van der Waals surface area contributed by atoms with Gasteiger partial charge in [0, 0.05) is 26.1 Å². The molecule has 0 radical (unpaired) electrons. The SMILES string of the molecule is CNCCN1CCC(Cc2nc3ccccc3n2Cc2ccc(F)cc2)CC1.O=C(O)C(=O)O. The van der Waals surface area contributed by atoms with E-state index in [1.165, 1.54) is 38.1 Å². The van der Waals surface area contributed by atoms with Gasteiger partial charge in [-0.2, -0.15) is 0 Å². The highest BCUT2D eigenvalue weighted by atomic mass is 19.1. The zero-order valence-corrected chi connectivity index (χ0v) is 19.3. The molecule has 3 N–H and O–H groups in total. The number of hydrogen-bond acceptors (Lipinski definition) is 5. The number of fused-ring (bicyclic) bond motifs is 1. The van der Waals surface area contributed by atoms with Gasteiger partial charge >= 0.3 is 11.9 Å². The fourth-order valence-electron chi connectivity index (χ4n) is 4.17. The van der Waals surface area contributed by atoms with E-state index in [-0.39, 0.29) is 5.82 Å².